The van der Waals surface area contributed by atoms with Crippen molar-refractivity contribution in [2.45, 2.75) is 51.6 Å². The maximum Gasteiger partial charge on any atom is 0.251 e. The fourth-order valence-corrected chi connectivity index (χ4v) is 3.21. The lowest BCUT2D eigenvalue weighted by molar-refractivity contribution is 0.0942. The summed E-state index contributed by atoms with van der Waals surface area (Å²) in [5.74, 6) is -0.0593. The summed E-state index contributed by atoms with van der Waals surface area (Å²) in [6.07, 6.45) is 5.67. The van der Waals surface area contributed by atoms with Crippen LogP contribution >= 0.6 is 0 Å². The highest BCUT2D eigenvalue weighted by molar-refractivity contribution is 5.99. The van der Waals surface area contributed by atoms with Crippen LogP contribution in [0.5, 0.6) is 0 Å². The molecule has 0 saturated carbocycles. The van der Waals surface area contributed by atoms with Crippen molar-refractivity contribution < 1.29 is 9.90 Å². The lowest BCUT2D eigenvalue weighted by Crippen LogP contribution is -2.26. The maximum absolute atomic E-state index is 12.2. The van der Waals surface area contributed by atoms with Crippen LogP contribution in [0, 0.1) is 0 Å². The van der Waals surface area contributed by atoms with Crippen LogP contribution < -0.4 is 5.32 Å². The summed E-state index contributed by atoms with van der Waals surface area (Å²) in [5, 5.41) is 13.6. The summed E-state index contributed by atoms with van der Waals surface area (Å²) in [4.78, 5) is 15.7. The fraction of sp³-hybridized carbons (Fsp3) is 0.500. The standard InChI is InChI=1S/C18H24N2O2/c1-2-13(21)9-10-19-18(22)12-7-8-17-15(11-12)14-5-3-4-6-16(14)20-17/h7-8,11,13,20-21H,2-6,9-10H2,1H3,(H,19,22). The first-order valence-corrected chi connectivity index (χ1v) is 8.28. The minimum atomic E-state index is -0.334. The number of amides is 1. The Balaban J connectivity index is 1.75. The Kier molecular flexibility index (Phi) is 4.48. The first kappa shape index (κ1) is 15.1. The molecule has 1 aliphatic carbocycles. The lowest BCUT2D eigenvalue weighted by Gasteiger charge is -2.11. The SMILES string of the molecule is CCC(O)CCNC(=O)c1ccc2[nH]c3c(c2c1)CCCC3. The molecule has 3 rings (SSSR count). The van der Waals surface area contributed by atoms with Gasteiger partial charge < -0.3 is 15.4 Å². The molecule has 1 aromatic heterocycles. The van der Waals surface area contributed by atoms with Gasteiger partial charge >= 0.3 is 0 Å². The van der Waals surface area contributed by atoms with E-state index in [1.165, 1.54) is 29.5 Å². The average Bonchev–Trinajstić information content (AvgIpc) is 2.92. The van der Waals surface area contributed by atoms with E-state index < -0.39 is 0 Å². The third-order valence-corrected chi connectivity index (χ3v) is 4.59. The Morgan fingerprint density at radius 2 is 2.18 bits per heavy atom. The van der Waals surface area contributed by atoms with Crippen molar-refractivity contribution in [2.75, 3.05) is 6.54 Å². The highest BCUT2D eigenvalue weighted by Crippen LogP contribution is 2.29. The number of H-pyrrole nitrogens is 1. The van der Waals surface area contributed by atoms with Gasteiger partial charge in [-0.1, -0.05) is 6.92 Å². The summed E-state index contributed by atoms with van der Waals surface area (Å²) in [6.45, 7) is 2.45. The number of hydrogen-bond donors (Lipinski definition) is 3. The molecule has 1 unspecified atom stereocenters. The van der Waals surface area contributed by atoms with Crippen LogP contribution in [0.15, 0.2) is 18.2 Å². The monoisotopic (exact) mass is 300 g/mol. The lowest BCUT2D eigenvalue weighted by atomic mass is 9.95. The van der Waals surface area contributed by atoms with Crippen molar-refractivity contribution in [3.63, 3.8) is 0 Å². The van der Waals surface area contributed by atoms with Gasteiger partial charge in [0.25, 0.3) is 5.91 Å². The number of rotatable bonds is 5. The van der Waals surface area contributed by atoms with E-state index in [1.54, 1.807) is 0 Å². The first-order chi connectivity index (χ1) is 10.7. The fourth-order valence-electron chi connectivity index (χ4n) is 3.21. The number of aromatic amines is 1. The van der Waals surface area contributed by atoms with Gasteiger partial charge in [0.2, 0.25) is 0 Å². The van der Waals surface area contributed by atoms with Crippen molar-refractivity contribution >= 4 is 16.8 Å². The van der Waals surface area contributed by atoms with Crippen LogP contribution in [-0.2, 0) is 12.8 Å². The van der Waals surface area contributed by atoms with Gasteiger partial charge in [0.15, 0.2) is 0 Å². The summed E-state index contributed by atoms with van der Waals surface area (Å²) < 4.78 is 0. The number of hydrogen-bond acceptors (Lipinski definition) is 2. The molecular formula is C18H24N2O2. The smallest absolute Gasteiger partial charge is 0.251 e. The van der Waals surface area contributed by atoms with Gasteiger partial charge in [0, 0.05) is 28.7 Å². The predicted octanol–water partition coefficient (Wildman–Crippen LogP) is 2.94. The summed E-state index contributed by atoms with van der Waals surface area (Å²) >= 11 is 0. The highest BCUT2D eigenvalue weighted by Gasteiger charge is 2.16. The number of aryl methyl sites for hydroxylation is 2. The van der Waals surface area contributed by atoms with Crippen molar-refractivity contribution in [3.05, 3.63) is 35.0 Å². The second kappa shape index (κ2) is 6.53. The van der Waals surface area contributed by atoms with Crippen LogP contribution in [0.4, 0.5) is 0 Å². The van der Waals surface area contributed by atoms with Crippen LogP contribution in [0.2, 0.25) is 0 Å². The topological polar surface area (TPSA) is 65.1 Å². The van der Waals surface area contributed by atoms with Crippen LogP contribution in [0.3, 0.4) is 0 Å². The molecule has 1 atom stereocenters. The zero-order valence-electron chi connectivity index (χ0n) is 13.1. The molecule has 2 aromatic rings. The van der Waals surface area contributed by atoms with E-state index in [0.29, 0.717) is 18.5 Å². The molecule has 4 nitrogen and oxygen atoms in total. The largest absolute Gasteiger partial charge is 0.393 e. The zero-order chi connectivity index (χ0) is 15.5. The molecule has 118 valence electrons. The Bertz CT molecular complexity index is 675. The molecule has 0 bridgehead atoms. The third-order valence-electron chi connectivity index (χ3n) is 4.59. The predicted molar refractivity (Wildman–Crippen MR) is 88.2 cm³/mol. The van der Waals surface area contributed by atoms with E-state index in [0.717, 1.165) is 24.8 Å². The summed E-state index contributed by atoms with van der Waals surface area (Å²) in [7, 11) is 0. The van der Waals surface area contributed by atoms with Crippen LogP contribution in [0.25, 0.3) is 10.9 Å². The summed E-state index contributed by atoms with van der Waals surface area (Å²) in [6, 6.07) is 5.88. The van der Waals surface area contributed by atoms with Gasteiger partial charge in [-0.15, -0.1) is 0 Å². The minimum Gasteiger partial charge on any atom is -0.393 e. The Morgan fingerprint density at radius 3 is 3.00 bits per heavy atom. The Hall–Kier alpha value is -1.81. The molecule has 1 heterocycles. The third kappa shape index (κ3) is 3.02. The van der Waals surface area contributed by atoms with Crippen LogP contribution in [0.1, 0.15) is 54.2 Å². The van der Waals surface area contributed by atoms with Crippen molar-refractivity contribution in [1.82, 2.24) is 10.3 Å². The zero-order valence-corrected chi connectivity index (χ0v) is 13.1. The molecule has 4 heteroatoms. The molecule has 22 heavy (non-hydrogen) atoms. The number of aromatic nitrogens is 1. The van der Waals surface area contributed by atoms with Crippen LogP contribution in [-0.4, -0.2) is 28.6 Å². The number of carbonyl (C=O) groups is 1. The van der Waals surface area contributed by atoms with Crippen molar-refractivity contribution in [2.24, 2.45) is 0 Å². The van der Waals surface area contributed by atoms with Crippen molar-refractivity contribution in [3.8, 4) is 0 Å². The maximum atomic E-state index is 12.2. The second-order valence-electron chi connectivity index (χ2n) is 6.16. The molecule has 0 fully saturated rings. The van der Waals surface area contributed by atoms with Gasteiger partial charge in [-0.25, -0.2) is 0 Å². The number of aliphatic hydroxyl groups excluding tert-OH is 1. The first-order valence-electron chi connectivity index (χ1n) is 8.28. The molecule has 0 aliphatic heterocycles. The molecule has 1 aromatic carbocycles. The van der Waals surface area contributed by atoms with E-state index in [4.69, 9.17) is 0 Å². The normalized spacial score (nSPS) is 15.5. The van der Waals surface area contributed by atoms with Gasteiger partial charge in [0.05, 0.1) is 6.10 Å². The Morgan fingerprint density at radius 1 is 1.36 bits per heavy atom. The highest BCUT2D eigenvalue weighted by atomic mass is 16.3. The molecule has 0 spiro atoms. The molecule has 0 radical (unpaired) electrons. The molecular weight excluding hydrogens is 276 g/mol. The van der Waals surface area contributed by atoms with Gasteiger partial charge in [-0.05, 0) is 62.3 Å². The number of nitrogens with one attached hydrogen (secondary N) is 2. The van der Waals surface area contributed by atoms with E-state index in [2.05, 4.69) is 10.3 Å². The van der Waals surface area contributed by atoms with E-state index in [-0.39, 0.29) is 12.0 Å². The number of aliphatic hydroxyl groups is 1. The number of benzene rings is 1. The van der Waals surface area contributed by atoms with Gasteiger partial charge in [0.1, 0.15) is 0 Å². The molecule has 1 amide bonds. The quantitative estimate of drug-likeness (QED) is 0.795. The number of fused-ring (bicyclic) bond motifs is 3. The molecule has 1 aliphatic rings. The summed E-state index contributed by atoms with van der Waals surface area (Å²) in [5.41, 5.74) is 4.55. The average molecular weight is 300 g/mol. The number of carbonyl (C=O) groups excluding carboxylic acids is 1. The molecule has 3 N–H and O–H groups in total. The van der Waals surface area contributed by atoms with Gasteiger partial charge in [-0.3, -0.25) is 4.79 Å². The van der Waals surface area contributed by atoms with E-state index >= 15 is 0 Å². The van der Waals surface area contributed by atoms with Gasteiger partial charge in [-0.2, -0.15) is 0 Å². The second-order valence-corrected chi connectivity index (χ2v) is 6.16. The Labute approximate surface area is 130 Å². The minimum absolute atomic E-state index is 0.0593. The van der Waals surface area contributed by atoms with E-state index in [1.807, 2.05) is 25.1 Å². The molecule has 0 saturated heterocycles. The van der Waals surface area contributed by atoms with Crippen molar-refractivity contribution in [1.29, 1.82) is 0 Å². The van der Waals surface area contributed by atoms with E-state index in [9.17, 15) is 9.90 Å².